The second-order valence-electron chi connectivity index (χ2n) is 5.48. The number of benzene rings is 1. The molecule has 112 valence electrons. The predicted octanol–water partition coefficient (Wildman–Crippen LogP) is 4.85. The normalized spacial score (nSPS) is 18.4. The van der Waals surface area contributed by atoms with Crippen LogP contribution in [0.5, 0.6) is 0 Å². The van der Waals surface area contributed by atoms with Crippen molar-refractivity contribution >= 4 is 0 Å². The van der Waals surface area contributed by atoms with Crippen molar-refractivity contribution in [3.8, 4) is 0 Å². The number of hydrogen-bond donors (Lipinski definition) is 1. The first-order valence-corrected chi connectivity index (χ1v) is 6.92. The van der Waals surface area contributed by atoms with E-state index in [1.54, 1.807) is 0 Å². The third-order valence-corrected chi connectivity index (χ3v) is 4.01. The highest BCUT2D eigenvalue weighted by atomic mass is 19.4. The first-order valence-electron chi connectivity index (χ1n) is 6.92. The van der Waals surface area contributed by atoms with E-state index in [0.29, 0.717) is 18.4 Å². The van der Waals surface area contributed by atoms with Crippen molar-refractivity contribution in [2.75, 3.05) is 0 Å². The predicted molar refractivity (Wildman–Crippen MR) is 67.6 cm³/mol. The molecule has 1 aliphatic rings. The summed E-state index contributed by atoms with van der Waals surface area (Å²) < 4.78 is 50.7. The molecule has 20 heavy (non-hydrogen) atoms. The Morgan fingerprint density at radius 1 is 1.20 bits per heavy atom. The third kappa shape index (κ3) is 3.72. The maximum absolute atomic E-state index is 13.4. The molecule has 0 heterocycles. The Morgan fingerprint density at radius 2 is 1.85 bits per heavy atom. The summed E-state index contributed by atoms with van der Waals surface area (Å²) in [6.45, 7) is 0. The summed E-state index contributed by atoms with van der Waals surface area (Å²) in [5.74, 6) is -0.737. The Bertz CT molecular complexity index is 450. The standard InChI is InChI=1S/C15H18F4O/c16-13-9-11(6-7-12(13)15(17,18)19)14(20)8-5-10-3-1-2-4-10/h6-7,9-10,14,20H,1-5,8H2. The summed E-state index contributed by atoms with van der Waals surface area (Å²) in [5, 5.41) is 9.95. The van der Waals surface area contributed by atoms with Crippen molar-refractivity contribution in [2.45, 2.75) is 50.8 Å². The van der Waals surface area contributed by atoms with Gasteiger partial charge >= 0.3 is 6.18 Å². The van der Waals surface area contributed by atoms with Crippen molar-refractivity contribution < 1.29 is 22.7 Å². The molecule has 0 aliphatic heterocycles. The second kappa shape index (κ2) is 6.12. The molecule has 1 fully saturated rings. The van der Waals surface area contributed by atoms with E-state index < -0.39 is 23.7 Å². The van der Waals surface area contributed by atoms with Crippen LogP contribution in [0.4, 0.5) is 17.6 Å². The molecule has 2 rings (SSSR count). The summed E-state index contributed by atoms with van der Waals surface area (Å²) >= 11 is 0. The van der Waals surface area contributed by atoms with Gasteiger partial charge in [0.2, 0.25) is 0 Å². The zero-order valence-electron chi connectivity index (χ0n) is 11.1. The summed E-state index contributed by atoms with van der Waals surface area (Å²) in [5.41, 5.74) is -1.07. The van der Waals surface area contributed by atoms with Gasteiger partial charge in [-0.1, -0.05) is 31.7 Å². The van der Waals surface area contributed by atoms with Gasteiger partial charge in [-0.25, -0.2) is 4.39 Å². The SMILES string of the molecule is OC(CCC1CCCC1)c1ccc(C(F)(F)F)c(F)c1. The number of aliphatic hydroxyl groups excluding tert-OH is 1. The smallest absolute Gasteiger partial charge is 0.388 e. The molecular weight excluding hydrogens is 272 g/mol. The molecule has 1 atom stereocenters. The Kier molecular flexibility index (Phi) is 4.68. The highest BCUT2D eigenvalue weighted by molar-refractivity contribution is 5.27. The van der Waals surface area contributed by atoms with Gasteiger partial charge in [0.05, 0.1) is 11.7 Å². The van der Waals surface area contributed by atoms with Crippen LogP contribution in [-0.4, -0.2) is 5.11 Å². The maximum Gasteiger partial charge on any atom is 0.419 e. The minimum absolute atomic E-state index is 0.216. The van der Waals surface area contributed by atoms with E-state index in [2.05, 4.69) is 0 Å². The van der Waals surface area contributed by atoms with Crippen molar-refractivity contribution in [3.63, 3.8) is 0 Å². The lowest BCUT2D eigenvalue weighted by Gasteiger charge is -2.15. The molecule has 0 saturated heterocycles. The fraction of sp³-hybridized carbons (Fsp3) is 0.600. The molecule has 5 heteroatoms. The quantitative estimate of drug-likeness (QED) is 0.786. The number of rotatable bonds is 4. The van der Waals surface area contributed by atoms with Crippen LogP contribution in [0.3, 0.4) is 0 Å². The van der Waals surface area contributed by atoms with Crippen molar-refractivity contribution in [3.05, 3.63) is 35.1 Å². The fourth-order valence-corrected chi connectivity index (χ4v) is 2.83. The van der Waals surface area contributed by atoms with Crippen LogP contribution >= 0.6 is 0 Å². The summed E-state index contributed by atoms with van der Waals surface area (Å²) in [6.07, 6.45) is 0.414. The summed E-state index contributed by atoms with van der Waals surface area (Å²) in [7, 11) is 0. The summed E-state index contributed by atoms with van der Waals surface area (Å²) in [4.78, 5) is 0. The molecular formula is C15H18F4O. The summed E-state index contributed by atoms with van der Waals surface area (Å²) in [6, 6.07) is 2.65. The molecule has 1 saturated carbocycles. The van der Waals surface area contributed by atoms with Gasteiger partial charge in [-0.15, -0.1) is 0 Å². The lowest BCUT2D eigenvalue weighted by molar-refractivity contribution is -0.140. The van der Waals surface area contributed by atoms with Crippen LogP contribution in [0.1, 0.15) is 55.8 Å². The highest BCUT2D eigenvalue weighted by Crippen LogP contribution is 2.34. The Labute approximate surface area is 115 Å². The molecule has 1 N–H and O–H groups in total. The number of hydrogen-bond acceptors (Lipinski definition) is 1. The average molecular weight is 290 g/mol. The molecule has 0 bridgehead atoms. The molecule has 0 spiro atoms. The van der Waals surface area contributed by atoms with E-state index in [0.717, 1.165) is 31.4 Å². The van der Waals surface area contributed by atoms with E-state index in [4.69, 9.17) is 0 Å². The zero-order valence-corrected chi connectivity index (χ0v) is 11.1. The molecule has 1 aliphatic carbocycles. The van der Waals surface area contributed by atoms with Gasteiger partial charge in [-0.05, 0) is 36.5 Å². The number of aliphatic hydroxyl groups is 1. The van der Waals surface area contributed by atoms with Crippen molar-refractivity contribution in [1.82, 2.24) is 0 Å². The van der Waals surface area contributed by atoms with Crippen LogP contribution in [0.15, 0.2) is 18.2 Å². The molecule has 1 nitrogen and oxygen atoms in total. The van der Waals surface area contributed by atoms with E-state index in [-0.39, 0.29) is 5.56 Å². The van der Waals surface area contributed by atoms with Gasteiger partial charge in [-0.2, -0.15) is 13.2 Å². The number of alkyl halides is 3. The second-order valence-corrected chi connectivity index (χ2v) is 5.48. The van der Waals surface area contributed by atoms with Crippen LogP contribution in [0.25, 0.3) is 0 Å². The molecule has 0 aromatic heterocycles. The molecule has 1 aromatic carbocycles. The maximum atomic E-state index is 13.4. The lowest BCUT2D eigenvalue weighted by atomic mass is 9.96. The van der Waals surface area contributed by atoms with Crippen LogP contribution in [0.2, 0.25) is 0 Å². The van der Waals surface area contributed by atoms with Crippen molar-refractivity contribution in [1.29, 1.82) is 0 Å². The van der Waals surface area contributed by atoms with E-state index in [9.17, 15) is 22.7 Å². The molecule has 0 radical (unpaired) electrons. The van der Waals surface area contributed by atoms with Crippen LogP contribution < -0.4 is 0 Å². The third-order valence-electron chi connectivity index (χ3n) is 4.01. The first kappa shape index (κ1) is 15.3. The average Bonchev–Trinajstić information content (AvgIpc) is 2.87. The van der Waals surface area contributed by atoms with E-state index in [1.165, 1.54) is 12.8 Å². The lowest BCUT2D eigenvalue weighted by Crippen LogP contribution is -2.09. The monoisotopic (exact) mass is 290 g/mol. The van der Waals surface area contributed by atoms with Gasteiger partial charge in [0.15, 0.2) is 0 Å². The zero-order chi connectivity index (χ0) is 14.8. The minimum Gasteiger partial charge on any atom is -0.388 e. The molecule has 0 amide bonds. The molecule has 1 unspecified atom stereocenters. The van der Waals surface area contributed by atoms with Gasteiger partial charge in [0, 0.05) is 0 Å². The number of halogens is 4. The van der Waals surface area contributed by atoms with Gasteiger partial charge in [0.1, 0.15) is 5.82 Å². The molecule has 1 aromatic rings. The minimum atomic E-state index is -4.70. The van der Waals surface area contributed by atoms with E-state index >= 15 is 0 Å². The fourth-order valence-electron chi connectivity index (χ4n) is 2.83. The largest absolute Gasteiger partial charge is 0.419 e. The van der Waals surface area contributed by atoms with Gasteiger partial charge in [0.25, 0.3) is 0 Å². The van der Waals surface area contributed by atoms with Crippen molar-refractivity contribution in [2.24, 2.45) is 5.92 Å². The van der Waals surface area contributed by atoms with Gasteiger partial charge in [-0.3, -0.25) is 0 Å². The van der Waals surface area contributed by atoms with E-state index in [1.807, 2.05) is 0 Å². The topological polar surface area (TPSA) is 20.2 Å². The first-order chi connectivity index (χ1) is 9.38. The Hall–Kier alpha value is -1.10. The Balaban J connectivity index is 1.99. The Morgan fingerprint density at radius 3 is 2.40 bits per heavy atom. The highest BCUT2D eigenvalue weighted by Gasteiger charge is 2.34. The van der Waals surface area contributed by atoms with Gasteiger partial charge < -0.3 is 5.11 Å². The van der Waals surface area contributed by atoms with Crippen LogP contribution in [0, 0.1) is 11.7 Å². The van der Waals surface area contributed by atoms with Crippen LogP contribution in [-0.2, 0) is 6.18 Å².